The van der Waals surface area contributed by atoms with E-state index in [9.17, 15) is 4.79 Å². The predicted molar refractivity (Wildman–Crippen MR) is 97.8 cm³/mol. The first-order valence-corrected chi connectivity index (χ1v) is 8.63. The molecule has 0 unspecified atom stereocenters. The van der Waals surface area contributed by atoms with Crippen molar-refractivity contribution in [2.45, 2.75) is 39.0 Å². The van der Waals surface area contributed by atoms with Crippen LogP contribution in [0.5, 0.6) is 5.75 Å². The summed E-state index contributed by atoms with van der Waals surface area (Å²) in [6.45, 7) is 7.47. The predicted octanol–water partition coefficient (Wildman–Crippen LogP) is 4.34. The number of ether oxygens (including phenoxy) is 1. The Balaban J connectivity index is 1.61. The van der Waals surface area contributed by atoms with Crippen molar-refractivity contribution >= 4 is 11.6 Å². The molecule has 0 saturated carbocycles. The molecule has 0 aliphatic carbocycles. The number of benzene rings is 2. The number of amides is 1. The highest BCUT2D eigenvalue weighted by Gasteiger charge is 2.24. The molecule has 1 amide bonds. The lowest BCUT2D eigenvalue weighted by Gasteiger charge is -2.23. The van der Waals surface area contributed by atoms with E-state index in [1.165, 1.54) is 11.1 Å². The van der Waals surface area contributed by atoms with Crippen molar-refractivity contribution in [3.63, 3.8) is 0 Å². The third-order valence-corrected chi connectivity index (χ3v) is 5.07. The number of carbonyl (C=O) groups excluding carboxylic acids is 1. The topological polar surface area (TPSA) is 29.5 Å². The first-order valence-electron chi connectivity index (χ1n) is 8.63. The molecule has 1 aliphatic heterocycles. The monoisotopic (exact) mass is 323 g/mol. The molecule has 3 rings (SSSR count). The van der Waals surface area contributed by atoms with Crippen molar-refractivity contribution in [2.75, 3.05) is 18.1 Å². The summed E-state index contributed by atoms with van der Waals surface area (Å²) < 4.78 is 5.71. The van der Waals surface area contributed by atoms with Gasteiger partial charge in [0.05, 0.1) is 0 Å². The Morgan fingerprint density at radius 3 is 2.54 bits per heavy atom. The van der Waals surface area contributed by atoms with E-state index < -0.39 is 0 Å². The van der Waals surface area contributed by atoms with Gasteiger partial charge in [0.1, 0.15) is 5.75 Å². The molecule has 0 N–H and O–H groups in total. The first kappa shape index (κ1) is 16.6. The van der Waals surface area contributed by atoms with E-state index in [2.05, 4.69) is 39.0 Å². The maximum absolute atomic E-state index is 12.5. The zero-order chi connectivity index (χ0) is 17.2. The quantitative estimate of drug-likeness (QED) is 0.819. The smallest absolute Gasteiger partial charge is 0.264 e. The Kier molecular flexibility index (Phi) is 4.61. The number of hydrogen-bond acceptors (Lipinski definition) is 2. The van der Waals surface area contributed by atoms with Gasteiger partial charge in [0.15, 0.2) is 6.61 Å². The summed E-state index contributed by atoms with van der Waals surface area (Å²) in [6, 6.07) is 16.2. The van der Waals surface area contributed by atoms with Crippen molar-refractivity contribution in [3.8, 4) is 5.75 Å². The highest BCUT2D eigenvalue weighted by atomic mass is 16.5. The van der Waals surface area contributed by atoms with Crippen LogP contribution in [0.25, 0.3) is 0 Å². The first-order chi connectivity index (χ1) is 11.5. The van der Waals surface area contributed by atoms with Gasteiger partial charge < -0.3 is 9.64 Å². The van der Waals surface area contributed by atoms with Crippen molar-refractivity contribution in [3.05, 3.63) is 59.7 Å². The summed E-state index contributed by atoms with van der Waals surface area (Å²) in [4.78, 5) is 14.3. The molecule has 0 aromatic heterocycles. The number of nitrogens with zero attached hydrogens (tertiary/aromatic N) is 1. The average molecular weight is 323 g/mol. The van der Waals surface area contributed by atoms with E-state index in [0.29, 0.717) is 0 Å². The normalized spacial score (nSPS) is 13.7. The summed E-state index contributed by atoms with van der Waals surface area (Å²) in [5, 5.41) is 0. The van der Waals surface area contributed by atoms with Crippen molar-refractivity contribution in [1.29, 1.82) is 0 Å². The largest absolute Gasteiger partial charge is 0.484 e. The number of carbonyl (C=O) groups is 1. The third-order valence-electron chi connectivity index (χ3n) is 5.07. The van der Waals surface area contributed by atoms with E-state index in [0.717, 1.165) is 30.8 Å². The number of rotatable bonds is 5. The van der Waals surface area contributed by atoms with E-state index in [-0.39, 0.29) is 17.9 Å². The van der Waals surface area contributed by atoms with E-state index in [1.54, 1.807) is 0 Å². The van der Waals surface area contributed by atoms with E-state index in [1.807, 2.05) is 35.2 Å². The van der Waals surface area contributed by atoms with Crippen LogP contribution in [0.3, 0.4) is 0 Å². The maximum atomic E-state index is 12.5. The SMILES string of the molecule is CCC(C)(C)c1ccc(OCC(=O)N2CCc3ccccc32)cc1. The fourth-order valence-electron chi connectivity index (χ4n) is 3.03. The van der Waals surface area contributed by atoms with Crippen LogP contribution in [0.4, 0.5) is 5.69 Å². The summed E-state index contributed by atoms with van der Waals surface area (Å²) in [5.74, 6) is 0.754. The van der Waals surface area contributed by atoms with Crippen LogP contribution in [-0.2, 0) is 16.6 Å². The minimum absolute atomic E-state index is 0.0120. The molecule has 0 saturated heterocycles. The fourth-order valence-corrected chi connectivity index (χ4v) is 3.03. The van der Waals surface area contributed by atoms with Crippen LogP contribution in [0.15, 0.2) is 48.5 Å². The molecule has 3 heteroatoms. The summed E-state index contributed by atoms with van der Waals surface area (Å²) in [5.41, 5.74) is 3.70. The molecule has 2 aromatic rings. The van der Waals surface area contributed by atoms with Gasteiger partial charge in [-0.05, 0) is 47.6 Å². The Labute approximate surface area is 144 Å². The van der Waals surface area contributed by atoms with Crippen LogP contribution in [0.1, 0.15) is 38.3 Å². The van der Waals surface area contributed by atoms with Gasteiger partial charge in [-0.2, -0.15) is 0 Å². The molecule has 126 valence electrons. The highest BCUT2D eigenvalue weighted by molar-refractivity contribution is 5.96. The molecule has 2 aromatic carbocycles. The Bertz CT molecular complexity index is 719. The van der Waals surface area contributed by atoms with Gasteiger partial charge in [-0.25, -0.2) is 0 Å². The number of para-hydroxylation sites is 1. The van der Waals surface area contributed by atoms with Crippen molar-refractivity contribution in [2.24, 2.45) is 0 Å². The molecule has 1 heterocycles. The Hall–Kier alpha value is -2.29. The summed E-state index contributed by atoms with van der Waals surface area (Å²) >= 11 is 0. The van der Waals surface area contributed by atoms with Crippen LogP contribution in [0.2, 0.25) is 0 Å². The van der Waals surface area contributed by atoms with Gasteiger partial charge in [-0.15, -0.1) is 0 Å². The molecule has 0 spiro atoms. The Morgan fingerprint density at radius 2 is 1.83 bits per heavy atom. The maximum Gasteiger partial charge on any atom is 0.264 e. The molecule has 3 nitrogen and oxygen atoms in total. The van der Waals surface area contributed by atoms with Crippen LogP contribution < -0.4 is 9.64 Å². The van der Waals surface area contributed by atoms with Gasteiger partial charge in [0.25, 0.3) is 5.91 Å². The molecule has 0 atom stereocenters. The highest BCUT2D eigenvalue weighted by Crippen LogP contribution is 2.29. The van der Waals surface area contributed by atoms with Gasteiger partial charge in [-0.3, -0.25) is 4.79 Å². The minimum Gasteiger partial charge on any atom is -0.484 e. The fraction of sp³-hybridized carbons (Fsp3) is 0.381. The number of hydrogen-bond donors (Lipinski definition) is 0. The standard InChI is InChI=1S/C21H25NO2/c1-4-21(2,3)17-9-11-18(12-10-17)24-15-20(23)22-14-13-16-7-5-6-8-19(16)22/h5-12H,4,13-15H2,1-3H3. The third kappa shape index (κ3) is 3.30. The molecule has 24 heavy (non-hydrogen) atoms. The minimum atomic E-state index is 0.0120. The van der Waals surface area contributed by atoms with Gasteiger partial charge in [0, 0.05) is 12.2 Å². The van der Waals surface area contributed by atoms with Crippen molar-refractivity contribution < 1.29 is 9.53 Å². The van der Waals surface area contributed by atoms with E-state index in [4.69, 9.17) is 4.74 Å². The number of fused-ring (bicyclic) bond motifs is 1. The van der Waals surface area contributed by atoms with Gasteiger partial charge in [0.2, 0.25) is 0 Å². The molecule has 0 radical (unpaired) electrons. The zero-order valence-corrected chi connectivity index (χ0v) is 14.7. The lowest BCUT2D eigenvalue weighted by molar-refractivity contribution is -0.120. The molecular formula is C21H25NO2. The second kappa shape index (κ2) is 6.68. The van der Waals surface area contributed by atoms with Gasteiger partial charge >= 0.3 is 0 Å². The zero-order valence-electron chi connectivity index (χ0n) is 14.7. The van der Waals surface area contributed by atoms with Crippen LogP contribution in [0, 0.1) is 0 Å². The second-order valence-electron chi connectivity index (χ2n) is 6.97. The molecule has 0 bridgehead atoms. The molecule has 0 fully saturated rings. The number of anilines is 1. The van der Waals surface area contributed by atoms with E-state index >= 15 is 0 Å². The lowest BCUT2D eigenvalue weighted by Crippen LogP contribution is -2.33. The van der Waals surface area contributed by atoms with Crippen LogP contribution >= 0.6 is 0 Å². The summed E-state index contributed by atoms with van der Waals surface area (Å²) in [7, 11) is 0. The van der Waals surface area contributed by atoms with Crippen LogP contribution in [-0.4, -0.2) is 19.1 Å². The van der Waals surface area contributed by atoms with Crippen molar-refractivity contribution in [1.82, 2.24) is 0 Å². The molecule has 1 aliphatic rings. The molecular weight excluding hydrogens is 298 g/mol. The average Bonchev–Trinajstić information content (AvgIpc) is 3.04. The Morgan fingerprint density at radius 1 is 1.12 bits per heavy atom. The lowest BCUT2D eigenvalue weighted by atomic mass is 9.82. The van der Waals surface area contributed by atoms with Gasteiger partial charge in [-0.1, -0.05) is 51.1 Å². The second-order valence-corrected chi connectivity index (χ2v) is 6.97. The summed E-state index contributed by atoms with van der Waals surface area (Å²) in [6.07, 6.45) is 2.00.